The number of fused-ring (bicyclic) bond motifs is 1. The smallest absolute Gasteiger partial charge is 0.0435 e. The predicted octanol–water partition coefficient (Wildman–Crippen LogP) is 7.04. The maximum Gasteiger partial charge on any atom is 0.0435 e. The van der Waals surface area contributed by atoms with E-state index in [0.29, 0.717) is 4.83 Å². The van der Waals surface area contributed by atoms with E-state index in [0.717, 1.165) is 15.4 Å². The van der Waals surface area contributed by atoms with Crippen LogP contribution in [0, 0.1) is 0 Å². The van der Waals surface area contributed by atoms with Gasteiger partial charge in [-0.3, -0.25) is 0 Å². The highest BCUT2D eigenvalue weighted by Crippen LogP contribution is 2.30. The molecule has 0 nitrogen and oxygen atoms in total. The van der Waals surface area contributed by atoms with Crippen LogP contribution >= 0.6 is 47.8 Å². The summed E-state index contributed by atoms with van der Waals surface area (Å²) in [6.07, 6.45) is 0.981. The Morgan fingerprint density at radius 1 is 0.714 bits per heavy atom. The molecular weight excluding hydrogens is 456 g/mol. The lowest BCUT2D eigenvalue weighted by Crippen LogP contribution is -1.95. The van der Waals surface area contributed by atoms with Gasteiger partial charge in [-0.2, -0.15) is 0 Å². The van der Waals surface area contributed by atoms with Crippen molar-refractivity contribution in [2.75, 3.05) is 0 Å². The fourth-order valence-corrected chi connectivity index (χ4v) is 3.68. The lowest BCUT2D eigenvalue weighted by Gasteiger charge is -2.12. The Morgan fingerprint density at radius 2 is 1.33 bits per heavy atom. The third-order valence-corrected chi connectivity index (χ3v) is 5.39. The summed E-state index contributed by atoms with van der Waals surface area (Å²) in [7, 11) is 0. The quantitative estimate of drug-likeness (QED) is 0.361. The van der Waals surface area contributed by atoms with Crippen LogP contribution in [-0.4, -0.2) is 0 Å². The predicted molar refractivity (Wildman–Crippen MR) is 101 cm³/mol. The molecule has 0 fully saturated rings. The Bertz CT molecular complexity index is 763. The highest BCUT2D eigenvalue weighted by Gasteiger charge is 2.09. The maximum absolute atomic E-state index is 3.82. The molecule has 0 aromatic heterocycles. The number of alkyl halides is 1. The lowest BCUT2D eigenvalue weighted by atomic mass is 10.0. The molecule has 0 amide bonds. The summed E-state index contributed by atoms with van der Waals surface area (Å²) < 4.78 is 2.24. The minimum atomic E-state index is 0.326. The van der Waals surface area contributed by atoms with Crippen LogP contribution in [0.1, 0.15) is 16.0 Å². The van der Waals surface area contributed by atoms with E-state index >= 15 is 0 Å². The van der Waals surface area contributed by atoms with Crippen LogP contribution in [0.4, 0.5) is 0 Å². The summed E-state index contributed by atoms with van der Waals surface area (Å²) in [5.41, 5.74) is 2.64. The van der Waals surface area contributed by atoms with Crippen LogP contribution in [0.5, 0.6) is 0 Å². The van der Waals surface area contributed by atoms with Crippen molar-refractivity contribution < 1.29 is 0 Å². The van der Waals surface area contributed by atoms with Gasteiger partial charge in [-0.05, 0) is 52.6 Å². The zero-order valence-electron chi connectivity index (χ0n) is 11.2. The van der Waals surface area contributed by atoms with Crippen LogP contribution in [0.3, 0.4) is 0 Å². The van der Waals surface area contributed by atoms with Crippen LogP contribution < -0.4 is 0 Å². The summed E-state index contributed by atoms with van der Waals surface area (Å²) in [5, 5.41) is 2.53. The highest BCUT2D eigenvalue weighted by atomic mass is 79.9. The molecule has 1 unspecified atom stereocenters. The van der Waals surface area contributed by atoms with Gasteiger partial charge in [0.1, 0.15) is 0 Å². The maximum atomic E-state index is 3.82. The summed E-state index contributed by atoms with van der Waals surface area (Å²) in [4.78, 5) is 0.326. The Hall–Kier alpha value is -0.640. The summed E-state index contributed by atoms with van der Waals surface area (Å²) in [6.45, 7) is 0. The first-order chi connectivity index (χ1) is 10.1. The molecule has 3 aromatic rings. The van der Waals surface area contributed by atoms with Crippen molar-refractivity contribution in [2.24, 2.45) is 0 Å². The first kappa shape index (κ1) is 15.3. The summed E-state index contributed by atoms with van der Waals surface area (Å²) in [5.74, 6) is 0. The van der Waals surface area contributed by atoms with Crippen LogP contribution in [0.25, 0.3) is 10.8 Å². The van der Waals surface area contributed by atoms with E-state index in [4.69, 9.17) is 0 Å². The molecule has 3 aromatic carbocycles. The minimum absolute atomic E-state index is 0.326. The molecule has 0 aliphatic heterocycles. The minimum Gasteiger partial charge on any atom is -0.0835 e. The van der Waals surface area contributed by atoms with Crippen LogP contribution in [-0.2, 0) is 6.42 Å². The van der Waals surface area contributed by atoms with Crippen molar-refractivity contribution in [1.29, 1.82) is 0 Å². The molecule has 0 spiro atoms. The van der Waals surface area contributed by atoms with Crippen molar-refractivity contribution in [2.45, 2.75) is 11.2 Å². The second kappa shape index (κ2) is 6.64. The van der Waals surface area contributed by atoms with E-state index in [1.807, 2.05) is 0 Å². The topological polar surface area (TPSA) is 0 Å². The van der Waals surface area contributed by atoms with Gasteiger partial charge in [0.25, 0.3) is 0 Å². The van der Waals surface area contributed by atoms with Gasteiger partial charge in [0, 0.05) is 13.8 Å². The molecule has 0 saturated carbocycles. The van der Waals surface area contributed by atoms with Gasteiger partial charge in [0.2, 0.25) is 0 Å². The molecule has 21 heavy (non-hydrogen) atoms. The zero-order valence-corrected chi connectivity index (χ0v) is 15.9. The Kier molecular flexibility index (Phi) is 4.82. The van der Waals surface area contributed by atoms with Gasteiger partial charge in [0.15, 0.2) is 0 Å². The number of hydrogen-bond acceptors (Lipinski definition) is 0. The molecule has 1 atom stereocenters. The van der Waals surface area contributed by atoms with Gasteiger partial charge < -0.3 is 0 Å². The average molecular weight is 469 g/mol. The first-order valence-corrected chi connectivity index (χ1v) is 9.20. The van der Waals surface area contributed by atoms with Crippen molar-refractivity contribution in [1.82, 2.24) is 0 Å². The van der Waals surface area contributed by atoms with Crippen LogP contribution in [0.2, 0.25) is 0 Å². The zero-order chi connectivity index (χ0) is 14.8. The van der Waals surface area contributed by atoms with Gasteiger partial charge in [-0.1, -0.05) is 84.2 Å². The standard InChI is InChI=1S/C18H13Br3/c19-16-6-1-12(2-7-16)9-18(21)15-4-3-14-11-17(20)8-5-13(14)10-15/h1-8,10-11,18H,9H2. The van der Waals surface area contributed by atoms with E-state index in [2.05, 4.69) is 108 Å². The number of hydrogen-bond donors (Lipinski definition) is 0. The Morgan fingerprint density at radius 3 is 2.10 bits per heavy atom. The van der Waals surface area contributed by atoms with Crippen molar-refractivity contribution >= 4 is 58.6 Å². The highest BCUT2D eigenvalue weighted by molar-refractivity contribution is 9.10. The average Bonchev–Trinajstić information content (AvgIpc) is 2.49. The van der Waals surface area contributed by atoms with Crippen LogP contribution in [0.15, 0.2) is 69.6 Å². The molecule has 0 aliphatic carbocycles. The molecule has 3 heteroatoms. The Labute approximate surface area is 150 Å². The third-order valence-electron chi connectivity index (χ3n) is 3.52. The largest absolute Gasteiger partial charge is 0.0835 e. The van der Waals surface area contributed by atoms with Gasteiger partial charge >= 0.3 is 0 Å². The van der Waals surface area contributed by atoms with Gasteiger partial charge in [-0.25, -0.2) is 0 Å². The second-order valence-electron chi connectivity index (χ2n) is 5.05. The molecule has 106 valence electrons. The molecule has 0 bridgehead atoms. The normalized spacial score (nSPS) is 12.5. The van der Waals surface area contributed by atoms with Gasteiger partial charge in [0.05, 0.1) is 0 Å². The SMILES string of the molecule is Brc1ccc(CC(Br)c2ccc3cc(Br)ccc3c2)cc1. The van der Waals surface area contributed by atoms with Crippen molar-refractivity contribution in [3.05, 3.63) is 80.7 Å². The molecule has 0 aliphatic rings. The molecule has 0 N–H and O–H groups in total. The van der Waals surface area contributed by atoms with E-state index in [1.165, 1.54) is 21.9 Å². The lowest BCUT2D eigenvalue weighted by molar-refractivity contribution is 0.950. The number of benzene rings is 3. The molecule has 0 radical (unpaired) electrons. The fraction of sp³-hybridized carbons (Fsp3) is 0.111. The molecular formula is C18H13Br3. The van der Waals surface area contributed by atoms with E-state index < -0.39 is 0 Å². The molecule has 3 rings (SSSR count). The number of halogens is 3. The van der Waals surface area contributed by atoms with E-state index in [1.54, 1.807) is 0 Å². The first-order valence-electron chi connectivity index (χ1n) is 6.69. The second-order valence-corrected chi connectivity index (χ2v) is 7.99. The summed E-state index contributed by atoms with van der Waals surface area (Å²) in [6, 6.07) is 21.6. The summed E-state index contributed by atoms with van der Waals surface area (Å²) >= 11 is 10.8. The van der Waals surface area contributed by atoms with Gasteiger partial charge in [-0.15, -0.1) is 0 Å². The Balaban J connectivity index is 1.85. The molecule has 0 saturated heterocycles. The van der Waals surface area contributed by atoms with Crippen molar-refractivity contribution in [3.8, 4) is 0 Å². The monoisotopic (exact) mass is 466 g/mol. The van der Waals surface area contributed by atoms with Crippen molar-refractivity contribution in [3.63, 3.8) is 0 Å². The third kappa shape index (κ3) is 3.77. The molecule has 0 heterocycles. The van der Waals surface area contributed by atoms with E-state index in [-0.39, 0.29) is 0 Å². The van der Waals surface area contributed by atoms with E-state index in [9.17, 15) is 0 Å². The fourth-order valence-electron chi connectivity index (χ4n) is 2.38. The number of rotatable bonds is 3.